The van der Waals surface area contributed by atoms with Crippen molar-refractivity contribution in [2.24, 2.45) is 0 Å². The molecule has 0 aliphatic rings. The third-order valence-corrected chi connectivity index (χ3v) is 1.95. The smallest absolute Gasteiger partial charge is 0.122 e. The number of aldehydes is 1. The Hall–Kier alpha value is -1.39. The van der Waals surface area contributed by atoms with Crippen LogP contribution in [0.5, 0.6) is 5.75 Å². The Labute approximate surface area is 88.1 Å². The molecule has 4 heteroatoms. The number of carbonyl (C=O) groups excluding carboxylic acids is 1. The van der Waals surface area contributed by atoms with Crippen LogP contribution in [0.2, 0.25) is 0 Å². The van der Waals surface area contributed by atoms with E-state index in [1.807, 2.05) is 18.2 Å². The molecular weight excluding hydrogens is 196 g/mol. The number of rotatable bonds is 6. The highest BCUT2D eigenvalue weighted by Crippen LogP contribution is 2.09. The van der Waals surface area contributed by atoms with Crippen LogP contribution in [0.1, 0.15) is 6.42 Å². The molecule has 1 aromatic carbocycles. The fourth-order valence-corrected chi connectivity index (χ4v) is 1.07. The second-order valence-corrected chi connectivity index (χ2v) is 3.16. The summed E-state index contributed by atoms with van der Waals surface area (Å²) in [5, 5.41) is 18.6. The summed E-state index contributed by atoms with van der Waals surface area (Å²) in [7, 11) is 0. The van der Waals surface area contributed by atoms with E-state index >= 15 is 0 Å². The van der Waals surface area contributed by atoms with Gasteiger partial charge in [0.2, 0.25) is 0 Å². The number of hydrogen-bond acceptors (Lipinski definition) is 4. The Morgan fingerprint density at radius 2 is 1.87 bits per heavy atom. The van der Waals surface area contributed by atoms with Crippen LogP contribution in [0.25, 0.3) is 0 Å². The van der Waals surface area contributed by atoms with Gasteiger partial charge < -0.3 is 19.7 Å². The summed E-state index contributed by atoms with van der Waals surface area (Å²) in [6.07, 6.45) is -1.63. The molecule has 0 aromatic heterocycles. The Bertz CT molecular complexity index is 286. The normalized spacial score (nSPS) is 14.3. The summed E-state index contributed by atoms with van der Waals surface area (Å²) in [5.74, 6) is 0.620. The first-order valence-corrected chi connectivity index (χ1v) is 4.71. The number of benzene rings is 1. The van der Waals surface area contributed by atoms with Crippen molar-refractivity contribution in [3.05, 3.63) is 30.3 Å². The van der Waals surface area contributed by atoms with Crippen molar-refractivity contribution in [3.8, 4) is 5.75 Å². The largest absolute Gasteiger partial charge is 0.491 e. The van der Waals surface area contributed by atoms with Crippen LogP contribution in [-0.4, -0.2) is 35.3 Å². The summed E-state index contributed by atoms with van der Waals surface area (Å²) >= 11 is 0. The summed E-state index contributed by atoms with van der Waals surface area (Å²) in [5.41, 5.74) is 0. The molecular formula is C11H14O4. The van der Waals surface area contributed by atoms with Gasteiger partial charge in [0.25, 0.3) is 0 Å². The average Bonchev–Trinajstić information content (AvgIpc) is 2.27. The quantitative estimate of drug-likeness (QED) is 0.666. The van der Waals surface area contributed by atoms with Crippen molar-refractivity contribution in [3.63, 3.8) is 0 Å². The van der Waals surface area contributed by atoms with Gasteiger partial charge in [0.1, 0.15) is 24.7 Å². The Kier molecular flexibility index (Phi) is 4.80. The second kappa shape index (κ2) is 6.16. The number of para-hydroxylation sites is 1. The molecule has 0 aliphatic carbocycles. The lowest BCUT2D eigenvalue weighted by molar-refractivity contribution is -0.111. The van der Waals surface area contributed by atoms with Gasteiger partial charge >= 0.3 is 0 Å². The van der Waals surface area contributed by atoms with Gasteiger partial charge in [0.05, 0.1) is 6.10 Å². The van der Waals surface area contributed by atoms with Crippen LogP contribution in [0.15, 0.2) is 30.3 Å². The van der Waals surface area contributed by atoms with Gasteiger partial charge in [-0.05, 0) is 12.1 Å². The molecule has 1 rings (SSSR count). The third-order valence-electron chi connectivity index (χ3n) is 1.95. The Morgan fingerprint density at radius 3 is 2.47 bits per heavy atom. The van der Waals surface area contributed by atoms with Gasteiger partial charge in [-0.15, -0.1) is 0 Å². The van der Waals surface area contributed by atoms with Crippen LogP contribution in [0.3, 0.4) is 0 Å². The SMILES string of the molecule is O=CC[C@H](O)[C@H](O)COc1ccccc1. The van der Waals surface area contributed by atoms with Gasteiger partial charge in [-0.1, -0.05) is 18.2 Å². The average molecular weight is 210 g/mol. The second-order valence-electron chi connectivity index (χ2n) is 3.16. The predicted molar refractivity (Wildman–Crippen MR) is 54.6 cm³/mol. The zero-order valence-electron chi connectivity index (χ0n) is 8.24. The molecule has 15 heavy (non-hydrogen) atoms. The molecule has 1 aromatic rings. The van der Waals surface area contributed by atoms with E-state index in [-0.39, 0.29) is 13.0 Å². The lowest BCUT2D eigenvalue weighted by Gasteiger charge is -2.16. The van der Waals surface area contributed by atoms with E-state index in [0.717, 1.165) is 0 Å². The molecule has 82 valence electrons. The van der Waals surface area contributed by atoms with E-state index in [2.05, 4.69) is 0 Å². The maximum atomic E-state index is 10.1. The number of hydrogen-bond donors (Lipinski definition) is 2. The van der Waals surface area contributed by atoms with E-state index < -0.39 is 12.2 Å². The van der Waals surface area contributed by atoms with Crippen LogP contribution in [0, 0.1) is 0 Å². The summed E-state index contributed by atoms with van der Waals surface area (Å²) in [6, 6.07) is 8.97. The van der Waals surface area contributed by atoms with Crippen LogP contribution < -0.4 is 4.74 Å². The number of ether oxygens (including phenoxy) is 1. The van der Waals surface area contributed by atoms with Crippen LogP contribution >= 0.6 is 0 Å². The molecule has 0 unspecified atom stereocenters. The Balaban J connectivity index is 2.34. The van der Waals surface area contributed by atoms with Crippen molar-refractivity contribution >= 4 is 6.29 Å². The first-order chi connectivity index (χ1) is 7.24. The van der Waals surface area contributed by atoms with Gasteiger partial charge in [-0.25, -0.2) is 0 Å². The van der Waals surface area contributed by atoms with Crippen LogP contribution in [0.4, 0.5) is 0 Å². The molecule has 0 spiro atoms. The minimum absolute atomic E-state index is 0.0288. The van der Waals surface area contributed by atoms with Gasteiger partial charge in [0.15, 0.2) is 0 Å². The Morgan fingerprint density at radius 1 is 1.20 bits per heavy atom. The van der Waals surface area contributed by atoms with Gasteiger partial charge in [0, 0.05) is 6.42 Å². The first kappa shape index (κ1) is 11.7. The molecule has 2 atom stereocenters. The van der Waals surface area contributed by atoms with E-state index in [9.17, 15) is 15.0 Å². The topological polar surface area (TPSA) is 66.8 Å². The fourth-order valence-electron chi connectivity index (χ4n) is 1.07. The number of aliphatic hydroxyl groups is 2. The minimum atomic E-state index is -1.06. The molecule has 2 N–H and O–H groups in total. The van der Waals surface area contributed by atoms with Gasteiger partial charge in [-0.3, -0.25) is 0 Å². The monoisotopic (exact) mass is 210 g/mol. The van der Waals surface area contributed by atoms with Crippen molar-refractivity contribution in [2.75, 3.05) is 6.61 Å². The maximum absolute atomic E-state index is 10.1. The molecule has 0 heterocycles. The zero-order valence-corrected chi connectivity index (χ0v) is 8.24. The highest BCUT2D eigenvalue weighted by atomic mass is 16.5. The lowest BCUT2D eigenvalue weighted by atomic mass is 10.1. The minimum Gasteiger partial charge on any atom is -0.491 e. The maximum Gasteiger partial charge on any atom is 0.122 e. The van der Waals surface area contributed by atoms with Gasteiger partial charge in [-0.2, -0.15) is 0 Å². The molecule has 4 nitrogen and oxygen atoms in total. The molecule has 0 amide bonds. The lowest BCUT2D eigenvalue weighted by Crippen LogP contribution is -2.32. The summed E-state index contributed by atoms with van der Waals surface area (Å²) in [4.78, 5) is 10.1. The summed E-state index contributed by atoms with van der Waals surface area (Å²) in [6.45, 7) is -0.0288. The van der Waals surface area contributed by atoms with E-state index in [4.69, 9.17) is 4.74 Å². The number of carbonyl (C=O) groups is 1. The van der Waals surface area contributed by atoms with E-state index in [0.29, 0.717) is 12.0 Å². The third kappa shape index (κ3) is 4.10. The molecule has 0 bridgehead atoms. The molecule has 0 fully saturated rings. The van der Waals surface area contributed by atoms with Crippen molar-refractivity contribution in [1.29, 1.82) is 0 Å². The van der Waals surface area contributed by atoms with Crippen molar-refractivity contribution in [2.45, 2.75) is 18.6 Å². The first-order valence-electron chi connectivity index (χ1n) is 4.71. The van der Waals surface area contributed by atoms with E-state index in [1.54, 1.807) is 12.1 Å². The molecule has 0 saturated heterocycles. The fraction of sp³-hybridized carbons (Fsp3) is 0.364. The number of aliphatic hydroxyl groups excluding tert-OH is 2. The standard InChI is InChI=1S/C11H14O4/c12-7-6-10(13)11(14)8-15-9-4-2-1-3-5-9/h1-5,7,10-11,13-14H,6,8H2/t10-,11+/m0/s1. The summed E-state index contributed by atoms with van der Waals surface area (Å²) < 4.78 is 5.21. The molecule has 0 saturated carbocycles. The van der Waals surface area contributed by atoms with E-state index in [1.165, 1.54) is 0 Å². The van der Waals surface area contributed by atoms with Crippen molar-refractivity contribution < 1.29 is 19.7 Å². The molecule has 0 aliphatic heterocycles. The highest BCUT2D eigenvalue weighted by Gasteiger charge is 2.16. The van der Waals surface area contributed by atoms with Crippen molar-refractivity contribution in [1.82, 2.24) is 0 Å². The highest BCUT2D eigenvalue weighted by molar-refractivity contribution is 5.50. The predicted octanol–water partition coefficient (Wildman–Crippen LogP) is 0.376. The zero-order chi connectivity index (χ0) is 11.1. The molecule has 0 radical (unpaired) electrons. The van der Waals surface area contributed by atoms with Crippen LogP contribution in [-0.2, 0) is 4.79 Å².